The zero-order valence-electron chi connectivity index (χ0n) is 13.1. The molecule has 0 atom stereocenters. The van der Waals surface area contributed by atoms with E-state index in [-0.39, 0.29) is 18.0 Å². The number of ether oxygens (including phenoxy) is 1. The Morgan fingerprint density at radius 2 is 1.62 bits per heavy atom. The number of benzene rings is 2. The lowest BCUT2D eigenvalue weighted by molar-refractivity contribution is -0.146. The molecule has 0 unspecified atom stereocenters. The maximum Gasteiger partial charge on any atom is 0.310 e. The summed E-state index contributed by atoms with van der Waals surface area (Å²) in [4.78, 5) is 34.6. The van der Waals surface area contributed by atoms with Crippen LogP contribution in [-0.2, 0) is 20.7 Å². The minimum Gasteiger partial charge on any atom is -0.508 e. The third-order valence-corrected chi connectivity index (χ3v) is 3.22. The van der Waals surface area contributed by atoms with E-state index in [4.69, 9.17) is 9.84 Å². The molecular weight excluding hydrogens is 310 g/mol. The van der Waals surface area contributed by atoms with Crippen molar-refractivity contribution in [2.75, 3.05) is 11.9 Å². The molecule has 0 saturated heterocycles. The second-order valence-corrected chi connectivity index (χ2v) is 5.19. The van der Waals surface area contributed by atoms with Crippen LogP contribution in [0.4, 0.5) is 5.69 Å². The van der Waals surface area contributed by atoms with Crippen molar-refractivity contribution in [2.45, 2.75) is 13.3 Å². The van der Waals surface area contributed by atoms with Gasteiger partial charge in [0.25, 0.3) is 5.91 Å². The van der Waals surface area contributed by atoms with Crippen LogP contribution < -0.4 is 5.32 Å². The van der Waals surface area contributed by atoms with Gasteiger partial charge in [0.15, 0.2) is 12.4 Å². The van der Waals surface area contributed by atoms with E-state index in [0.717, 1.165) is 0 Å². The summed E-state index contributed by atoms with van der Waals surface area (Å²) in [6.45, 7) is 1.06. The second-order valence-electron chi connectivity index (χ2n) is 5.19. The van der Waals surface area contributed by atoms with Gasteiger partial charge >= 0.3 is 5.97 Å². The Morgan fingerprint density at radius 3 is 2.21 bits per heavy atom. The number of hydrogen-bond acceptors (Lipinski definition) is 5. The van der Waals surface area contributed by atoms with Crippen LogP contribution in [0.25, 0.3) is 0 Å². The molecule has 0 aliphatic carbocycles. The fourth-order valence-corrected chi connectivity index (χ4v) is 1.96. The number of phenolic OH excluding ortho intramolecular Hbond substituents is 1. The van der Waals surface area contributed by atoms with Gasteiger partial charge in [0, 0.05) is 11.3 Å². The first-order valence-electron chi connectivity index (χ1n) is 7.28. The fraction of sp³-hybridized carbons (Fsp3) is 0.167. The monoisotopic (exact) mass is 327 g/mol. The van der Waals surface area contributed by atoms with Crippen LogP contribution in [0.2, 0.25) is 0 Å². The number of nitrogens with one attached hydrogen (secondary N) is 1. The normalized spacial score (nSPS) is 10.0. The first kappa shape index (κ1) is 17.2. The number of anilines is 1. The van der Waals surface area contributed by atoms with E-state index in [1.165, 1.54) is 19.1 Å². The molecule has 0 radical (unpaired) electrons. The average molecular weight is 327 g/mol. The Labute approximate surface area is 139 Å². The second kappa shape index (κ2) is 7.92. The van der Waals surface area contributed by atoms with Crippen LogP contribution >= 0.6 is 0 Å². The molecule has 2 rings (SSSR count). The molecule has 0 aromatic heterocycles. The molecule has 0 bridgehead atoms. The Hall–Kier alpha value is -3.15. The maximum atomic E-state index is 11.7. The molecule has 0 saturated carbocycles. The minimum absolute atomic E-state index is 0.0148. The minimum atomic E-state index is -0.539. The first-order chi connectivity index (χ1) is 11.4. The van der Waals surface area contributed by atoms with Gasteiger partial charge < -0.3 is 15.2 Å². The first-order valence-corrected chi connectivity index (χ1v) is 7.28. The number of amides is 1. The van der Waals surface area contributed by atoms with Crippen LogP contribution in [0.1, 0.15) is 22.8 Å². The number of Topliss-reactive ketones (excluding diaryl/α,β-unsaturated/α-hetero) is 1. The van der Waals surface area contributed by atoms with E-state index in [0.29, 0.717) is 16.8 Å². The van der Waals surface area contributed by atoms with Crippen molar-refractivity contribution in [3.05, 3.63) is 59.7 Å². The number of rotatable bonds is 6. The highest BCUT2D eigenvalue weighted by atomic mass is 16.5. The predicted octanol–water partition coefficient (Wildman–Crippen LogP) is 2.32. The van der Waals surface area contributed by atoms with Crippen LogP contribution in [0.5, 0.6) is 5.75 Å². The van der Waals surface area contributed by atoms with Gasteiger partial charge in [-0.15, -0.1) is 0 Å². The SMILES string of the molecule is CC(=O)c1ccc(NC(=O)COC(=O)Cc2ccc(O)cc2)cc1. The molecule has 1 amide bonds. The molecule has 0 aliphatic heterocycles. The van der Waals surface area contributed by atoms with Gasteiger partial charge in [0.1, 0.15) is 5.75 Å². The topological polar surface area (TPSA) is 92.7 Å². The van der Waals surface area contributed by atoms with Crippen LogP contribution in [0.15, 0.2) is 48.5 Å². The summed E-state index contributed by atoms with van der Waals surface area (Å²) in [5, 5.41) is 11.7. The van der Waals surface area contributed by atoms with Gasteiger partial charge in [-0.1, -0.05) is 12.1 Å². The van der Waals surface area contributed by atoms with Crippen molar-refractivity contribution < 1.29 is 24.2 Å². The predicted molar refractivity (Wildman–Crippen MR) is 87.8 cm³/mol. The zero-order chi connectivity index (χ0) is 17.5. The van der Waals surface area contributed by atoms with Crippen molar-refractivity contribution in [2.24, 2.45) is 0 Å². The van der Waals surface area contributed by atoms with Gasteiger partial charge in [0.2, 0.25) is 0 Å². The van der Waals surface area contributed by atoms with Crippen LogP contribution in [-0.4, -0.2) is 29.4 Å². The van der Waals surface area contributed by atoms with E-state index in [1.807, 2.05) is 0 Å². The third-order valence-electron chi connectivity index (χ3n) is 3.22. The highest BCUT2D eigenvalue weighted by Gasteiger charge is 2.09. The van der Waals surface area contributed by atoms with Crippen LogP contribution in [0, 0.1) is 0 Å². The lowest BCUT2D eigenvalue weighted by Crippen LogP contribution is -2.21. The molecule has 2 aromatic rings. The maximum absolute atomic E-state index is 11.7. The molecule has 2 aromatic carbocycles. The van der Waals surface area contributed by atoms with Crippen molar-refractivity contribution in [3.63, 3.8) is 0 Å². The van der Waals surface area contributed by atoms with E-state index in [2.05, 4.69) is 5.32 Å². The smallest absolute Gasteiger partial charge is 0.310 e. The number of carbonyl (C=O) groups is 3. The number of esters is 1. The lowest BCUT2D eigenvalue weighted by Gasteiger charge is -2.07. The van der Waals surface area contributed by atoms with Crippen molar-refractivity contribution in [1.29, 1.82) is 0 Å². The van der Waals surface area contributed by atoms with E-state index in [1.54, 1.807) is 36.4 Å². The Kier molecular flexibility index (Phi) is 5.68. The highest BCUT2D eigenvalue weighted by Crippen LogP contribution is 2.11. The number of ketones is 1. The number of hydrogen-bond donors (Lipinski definition) is 2. The van der Waals surface area contributed by atoms with Crippen molar-refractivity contribution in [1.82, 2.24) is 0 Å². The number of aromatic hydroxyl groups is 1. The highest BCUT2D eigenvalue weighted by molar-refractivity contribution is 5.96. The molecule has 2 N–H and O–H groups in total. The van der Waals surface area contributed by atoms with E-state index >= 15 is 0 Å². The van der Waals surface area contributed by atoms with Crippen molar-refractivity contribution in [3.8, 4) is 5.75 Å². The quantitative estimate of drug-likeness (QED) is 0.627. The standard InChI is InChI=1S/C18H17NO5/c1-12(20)14-4-6-15(7-5-14)19-17(22)11-24-18(23)10-13-2-8-16(21)9-3-13/h2-9,21H,10-11H2,1H3,(H,19,22). The van der Waals surface area contributed by atoms with Gasteiger partial charge in [-0.3, -0.25) is 14.4 Å². The molecular formula is C18H17NO5. The summed E-state index contributed by atoms with van der Waals surface area (Å²) in [5.41, 5.74) is 1.74. The number of phenols is 1. The van der Waals surface area contributed by atoms with Gasteiger partial charge in [-0.2, -0.15) is 0 Å². The summed E-state index contributed by atoms with van der Waals surface area (Å²) in [6, 6.07) is 12.6. The molecule has 6 nitrogen and oxygen atoms in total. The lowest BCUT2D eigenvalue weighted by atomic mass is 10.1. The molecule has 6 heteroatoms. The van der Waals surface area contributed by atoms with E-state index < -0.39 is 18.5 Å². The molecule has 0 fully saturated rings. The number of carbonyl (C=O) groups excluding carboxylic acids is 3. The average Bonchev–Trinajstić information content (AvgIpc) is 2.55. The fourth-order valence-electron chi connectivity index (χ4n) is 1.96. The summed E-state index contributed by atoms with van der Waals surface area (Å²) in [6.07, 6.45) is 0.0148. The zero-order valence-corrected chi connectivity index (χ0v) is 13.1. The Morgan fingerprint density at radius 1 is 1.00 bits per heavy atom. The van der Waals surface area contributed by atoms with Gasteiger partial charge in [-0.25, -0.2) is 0 Å². The van der Waals surface area contributed by atoms with Gasteiger partial charge in [0.05, 0.1) is 6.42 Å². The Balaban J connectivity index is 1.78. The summed E-state index contributed by atoms with van der Waals surface area (Å²) in [7, 11) is 0. The summed E-state index contributed by atoms with van der Waals surface area (Å²) >= 11 is 0. The summed E-state index contributed by atoms with van der Waals surface area (Å²) < 4.78 is 4.90. The summed E-state index contributed by atoms with van der Waals surface area (Å²) in [5.74, 6) is -0.953. The third kappa shape index (κ3) is 5.24. The Bertz CT molecular complexity index is 735. The molecule has 124 valence electrons. The van der Waals surface area contributed by atoms with Gasteiger partial charge in [-0.05, 0) is 48.9 Å². The van der Waals surface area contributed by atoms with E-state index in [9.17, 15) is 14.4 Å². The van der Waals surface area contributed by atoms with Crippen LogP contribution in [0.3, 0.4) is 0 Å². The van der Waals surface area contributed by atoms with Crippen molar-refractivity contribution >= 4 is 23.3 Å². The molecule has 24 heavy (non-hydrogen) atoms. The molecule has 0 spiro atoms. The molecule has 0 aliphatic rings. The molecule has 0 heterocycles. The largest absolute Gasteiger partial charge is 0.508 e.